The summed E-state index contributed by atoms with van der Waals surface area (Å²) in [5.41, 5.74) is 1.19. The molecule has 3 amide bonds. The lowest BCUT2D eigenvalue weighted by Gasteiger charge is -2.39. The van der Waals surface area contributed by atoms with Crippen LogP contribution in [-0.2, 0) is 9.59 Å². The van der Waals surface area contributed by atoms with Gasteiger partial charge < -0.3 is 9.64 Å². The van der Waals surface area contributed by atoms with Gasteiger partial charge in [-0.15, -0.1) is 0 Å². The van der Waals surface area contributed by atoms with E-state index in [0.717, 1.165) is 10.5 Å². The summed E-state index contributed by atoms with van der Waals surface area (Å²) in [7, 11) is 1.55. The maximum Gasteiger partial charge on any atom is 0.257 e. The first-order valence-corrected chi connectivity index (χ1v) is 9.55. The monoisotopic (exact) mass is 394 g/mol. The van der Waals surface area contributed by atoms with Crippen LogP contribution in [0.4, 0.5) is 5.69 Å². The number of rotatable bonds is 4. The molecule has 0 aliphatic carbocycles. The molecular formula is C23H26N2O4. The molecule has 2 aromatic rings. The summed E-state index contributed by atoms with van der Waals surface area (Å²) < 4.78 is 5.14. The van der Waals surface area contributed by atoms with Crippen molar-refractivity contribution in [1.29, 1.82) is 0 Å². The Morgan fingerprint density at radius 3 is 2.24 bits per heavy atom. The van der Waals surface area contributed by atoms with E-state index in [2.05, 4.69) is 0 Å². The molecule has 0 aromatic heterocycles. The Balaban J connectivity index is 1.97. The molecule has 1 atom stereocenters. The molecule has 0 spiro atoms. The fourth-order valence-corrected chi connectivity index (χ4v) is 3.68. The molecular weight excluding hydrogens is 368 g/mol. The zero-order valence-corrected chi connectivity index (χ0v) is 17.4. The van der Waals surface area contributed by atoms with Crippen molar-refractivity contribution in [3.05, 3.63) is 59.7 Å². The number of methoxy groups -OCH3 is 1. The largest absolute Gasteiger partial charge is 0.497 e. The second-order valence-corrected chi connectivity index (χ2v) is 8.15. The number of imide groups is 1. The van der Waals surface area contributed by atoms with E-state index < -0.39 is 17.5 Å². The Bertz CT molecular complexity index is 944. The van der Waals surface area contributed by atoms with Crippen molar-refractivity contribution in [2.75, 3.05) is 12.0 Å². The first-order valence-electron chi connectivity index (χ1n) is 9.55. The zero-order chi connectivity index (χ0) is 21.3. The maximum atomic E-state index is 13.4. The Labute approximate surface area is 171 Å². The van der Waals surface area contributed by atoms with Crippen LogP contribution in [0.3, 0.4) is 0 Å². The van der Waals surface area contributed by atoms with Gasteiger partial charge in [0.1, 0.15) is 11.8 Å². The molecule has 6 nitrogen and oxygen atoms in total. The van der Waals surface area contributed by atoms with Gasteiger partial charge >= 0.3 is 0 Å². The summed E-state index contributed by atoms with van der Waals surface area (Å²) in [6.45, 7) is 7.48. The second-order valence-electron chi connectivity index (χ2n) is 8.15. The molecule has 1 aliphatic heterocycles. The Morgan fingerprint density at radius 1 is 1.07 bits per heavy atom. The first-order chi connectivity index (χ1) is 13.6. The summed E-state index contributed by atoms with van der Waals surface area (Å²) in [5, 5.41) is 0. The molecule has 0 bridgehead atoms. The van der Waals surface area contributed by atoms with Crippen LogP contribution >= 0.6 is 0 Å². The topological polar surface area (TPSA) is 66.9 Å². The average Bonchev–Trinajstić information content (AvgIpc) is 2.95. The van der Waals surface area contributed by atoms with Gasteiger partial charge in [-0.2, -0.15) is 0 Å². The smallest absolute Gasteiger partial charge is 0.257 e. The summed E-state index contributed by atoms with van der Waals surface area (Å²) in [6, 6.07) is 13.2. The molecule has 0 N–H and O–H groups in total. The van der Waals surface area contributed by atoms with Gasteiger partial charge in [0.15, 0.2) is 0 Å². The van der Waals surface area contributed by atoms with Crippen LogP contribution in [0, 0.1) is 6.92 Å². The second kappa shape index (κ2) is 7.70. The highest BCUT2D eigenvalue weighted by atomic mass is 16.5. The van der Waals surface area contributed by atoms with Crippen LogP contribution in [-0.4, -0.2) is 41.3 Å². The number of anilines is 1. The number of benzene rings is 2. The normalized spacial score (nSPS) is 16.9. The van der Waals surface area contributed by atoms with E-state index >= 15 is 0 Å². The summed E-state index contributed by atoms with van der Waals surface area (Å²) >= 11 is 0. The average molecular weight is 394 g/mol. The van der Waals surface area contributed by atoms with E-state index in [1.165, 1.54) is 0 Å². The molecule has 0 radical (unpaired) electrons. The van der Waals surface area contributed by atoms with Crippen molar-refractivity contribution < 1.29 is 19.1 Å². The minimum Gasteiger partial charge on any atom is -0.497 e. The molecule has 1 fully saturated rings. The predicted octanol–water partition coefficient (Wildman–Crippen LogP) is 3.58. The van der Waals surface area contributed by atoms with Crippen LogP contribution in [0.15, 0.2) is 48.5 Å². The van der Waals surface area contributed by atoms with Gasteiger partial charge in [0.05, 0.1) is 19.2 Å². The quantitative estimate of drug-likeness (QED) is 0.744. The van der Waals surface area contributed by atoms with Crippen molar-refractivity contribution in [3.63, 3.8) is 0 Å². The zero-order valence-electron chi connectivity index (χ0n) is 17.4. The summed E-state index contributed by atoms with van der Waals surface area (Å²) in [5.74, 6) is -0.331. The maximum absolute atomic E-state index is 13.4. The van der Waals surface area contributed by atoms with Crippen LogP contribution in [0.5, 0.6) is 5.75 Å². The Morgan fingerprint density at radius 2 is 1.69 bits per heavy atom. The first kappa shape index (κ1) is 20.6. The molecule has 152 valence electrons. The van der Waals surface area contributed by atoms with Gasteiger partial charge in [-0.1, -0.05) is 18.2 Å². The van der Waals surface area contributed by atoms with E-state index in [-0.39, 0.29) is 18.2 Å². The van der Waals surface area contributed by atoms with Gasteiger partial charge in [0.25, 0.3) is 11.8 Å². The lowest BCUT2D eigenvalue weighted by atomic mass is 9.98. The van der Waals surface area contributed by atoms with Crippen molar-refractivity contribution in [2.24, 2.45) is 0 Å². The number of hydrogen-bond acceptors (Lipinski definition) is 4. The standard InChI is InChI=1S/C23H26N2O4/c1-15-8-6-7-9-18(15)21(27)25(23(2,3)4)19-14-20(26)24(22(19)28)16-10-12-17(29-5)13-11-16/h6-13,19H,14H2,1-5H3. The van der Waals surface area contributed by atoms with Crippen molar-refractivity contribution in [2.45, 2.75) is 45.7 Å². The molecule has 2 aromatic carbocycles. The van der Waals surface area contributed by atoms with E-state index in [1.54, 1.807) is 48.4 Å². The predicted molar refractivity (Wildman–Crippen MR) is 111 cm³/mol. The number of hydrogen-bond donors (Lipinski definition) is 0. The Hall–Kier alpha value is -3.15. The van der Waals surface area contributed by atoms with Gasteiger partial charge in [0, 0.05) is 11.1 Å². The molecule has 0 saturated carbocycles. The third-order valence-electron chi connectivity index (χ3n) is 5.08. The van der Waals surface area contributed by atoms with Gasteiger partial charge in [-0.3, -0.25) is 14.4 Å². The molecule has 3 rings (SSSR count). The van der Waals surface area contributed by atoms with Crippen LogP contribution in [0.2, 0.25) is 0 Å². The molecule has 6 heteroatoms. The molecule has 29 heavy (non-hydrogen) atoms. The van der Waals surface area contributed by atoms with E-state index in [0.29, 0.717) is 17.0 Å². The number of amides is 3. The molecule has 1 unspecified atom stereocenters. The SMILES string of the molecule is COc1ccc(N2C(=O)CC(N(C(=O)c3ccccc3C)C(C)(C)C)C2=O)cc1. The number of nitrogens with zero attached hydrogens (tertiary/aromatic N) is 2. The summed E-state index contributed by atoms with van der Waals surface area (Å²) in [6.07, 6.45) is -0.0419. The molecule has 1 heterocycles. The van der Waals surface area contributed by atoms with E-state index in [9.17, 15) is 14.4 Å². The van der Waals surface area contributed by atoms with E-state index in [1.807, 2.05) is 39.8 Å². The lowest BCUT2D eigenvalue weighted by Crippen LogP contribution is -2.54. The van der Waals surface area contributed by atoms with Crippen LogP contribution in [0.25, 0.3) is 0 Å². The van der Waals surface area contributed by atoms with Crippen LogP contribution in [0.1, 0.15) is 43.1 Å². The van der Waals surface area contributed by atoms with Gasteiger partial charge in [-0.05, 0) is 63.6 Å². The number of carbonyl (C=O) groups excluding carboxylic acids is 3. The number of aryl methyl sites for hydroxylation is 1. The number of carbonyl (C=O) groups is 3. The fourth-order valence-electron chi connectivity index (χ4n) is 3.68. The minimum atomic E-state index is -0.850. The lowest BCUT2D eigenvalue weighted by molar-refractivity contribution is -0.123. The van der Waals surface area contributed by atoms with Gasteiger partial charge in [-0.25, -0.2) is 4.90 Å². The number of ether oxygens (including phenoxy) is 1. The highest BCUT2D eigenvalue weighted by Gasteiger charge is 2.47. The van der Waals surface area contributed by atoms with Crippen molar-refractivity contribution in [3.8, 4) is 5.75 Å². The Kier molecular flexibility index (Phi) is 5.46. The minimum absolute atomic E-state index is 0.0419. The van der Waals surface area contributed by atoms with Crippen molar-refractivity contribution in [1.82, 2.24) is 4.90 Å². The van der Waals surface area contributed by atoms with Gasteiger partial charge in [0.2, 0.25) is 5.91 Å². The summed E-state index contributed by atoms with van der Waals surface area (Å²) in [4.78, 5) is 42.1. The molecule has 1 saturated heterocycles. The third-order valence-corrected chi connectivity index (χ3v) is 5.08. The molecule has 1 aliphatic rings. The highest BCUT2D eigenvalue weighted by molar-refractivity contribution is 6.23. The fraction of sp³-hybridized carbons (Fsp3) is 0.348. The van der Waals surface area contributed by atoms with Crippen molar-refractivity contribution >= 4 is 23.4 Å². The van der Waals surface area contributed by atoms with Crippen LogP contribution < -0.4 is 9.64 Å². The highest BCUT2D eigenvalue weighted by Crippen LogP contribution is 2.32. The van der Waals surface area contributed by atoms with E-state index in [4.69, 9.17) is 4.74 Å². The third kappa shape index (κ3) is 3.88.